The van der Waals surface area contributed by atoms with Gasteiger partial charge in [-0.05, 0) is 48.7 Å². The smallest absolute Gasteiger partial charge is 0.258 e. The Labute approximate surface area is 207 Å². The number of anilines is 2. The first-order valence-electron chi connectivity index (χ1n) is 11.1. The van der Waals surface area contributed by atoms with Crippen LogP contribution in [0.15, 0.2) is 41.2 Å². The van der Waals surface area contributed by atoms with Gasteiger partial charge in [-0.15, -0.1) is 0 Å². The highest BCUT2D eigenvalue weighted by Crippen LogP contribution is 2.34. The summed E-state index contributed by atoms with van der Waals surface area (Å²) < 4.78 is 1.84. The number of hydrogen-bond acceptors (Lipinski definition) is 5. The number of halogens is 2. The maximum Gasteiger partial charge on any atom is 0.258 e. The molecule has 2 heterocycles. The molecule has 9 heteroatoms. The number of likely N-dealkylation sites (N-methyl/N-ethyl adjacent to an activating group) is 1. The van der Waals surface area contributed by atoms with Crippen molar-refractivity contribution in [2.75, 3.05) is 31.6 Å². The molecule has 0 aliphatic carbocycles. The zero-order valence-electron chi connectivity index (χ0n) is 19.3. The Balaban J connectivity index is 1.77. The number of aryl methyl sites for hydroxylation is 2. The van der Waals surface area contributed by atoms with Crippen molar-refractivity contribution in [3.05, 3.63) is 68.1 Å². The molecule has 3 N–H and O–H groups in total. The standard InChI is InChI=1S/C25H27Cl2N5O2/c1-4-32(13-14-33)12-6-9-19-15(2)16-10-11-20-23(21(16)24(34)28-19)31(3)25(29-20)30-22-17(26)7-5-8-18(22)27/h5-11,33H,4,12-14H2,1-3H3,(H,28,34)(H,29,30)/b9-6+. The van der Waals surface area contributed by atoms with E-state index in [1.54, 1.807) is 18.2 Å². The van der Waals surface area contributed by atoms with Gasteiger partial charge in [0.05, 0.1) is 38.8 Å². The van der Waals surface area contributed by atoms with E-state index in [1.807, 2.05) is 42.8 Å². The number of benzene rings is 2. The molecule has 34 heavy (non-hydrogen) atoms. The third kappa shape index (κ3) is 4.57. The number of aromatic amines is 1. The van der Waals surface area contributed by atoms with Gasteiger partial charge in [0, 0.05) is 25.8 Å². The Bertz CT molecular complexity index is 1420. The Morgan fingerprint density at radius 3 is 2.65 bits per heavy atom. The van der Waals surface area contributed by atoms with Gasteiger partial charge < -0.3 is 20.0 Å². The van der Waals surface area contributed by atoms with Gasteiger partial charge in [0.2, 0.25) is 5.95 Å². The summed E-state index contributed by atoms with van der Waals surface area (Å²) in [5, 5.41) is 14.8. The van der Waals surface area contributed by atoms with Crippen LogP contribution in [0.3, 0.4) is 0 Å². The molecule has 0 aliphatic rings. The number of pyridine rings is 1. The predicted octanol–water partition coefficient (Wildman–Crippen LogP) is 5.10. The molecule has 0 saturated carbocycles. The molecule has 2 aromatic carbocycles. The number of nitrogens with zero attached hydrogens (tertiary/aromatic N) is 3. The van der Waals surface area contributed by atoms with Crippen molar-refractivity contribution in [3.8, 4) is 0 Å². The van der Waals surface area contributed by atoms with E-state index in [0.29, 0.717) is 45.7 Å². The van der Waals surface area contributed by atoms with Crippen LogP contribution in [0.1, 0.15) is 18.2 Å². The molecule has 0 spiro atoms. The van der Waals surface area contributed by atoms with Gasteiger partial charge >= 0.3 is 0 Å². The molecular formula is C25H27Cl2N5O2. The Kier molecular flexibility index (Phi) is 7.28. The fourth-order valence-corrected chi connectivity index (χ4v) is 4.61. The first kappa shape index (κ1) is 24.3. The van der Waals surface area contributed by atoms with Crippen LogP contribution in [0, 0.1) is 6.92 Å². The molecular weight excluding hydrogens is 473 g/mol. The lowest BCUT2D eigenvalue weighted by molar-refractivity contribution is 0.214. The maximum absolute atomic E-state index is 13.2. The van der Waals surface area contributed by atoms with Crippen LogP contribution in [-0.2, 0) is 7.05 Å². The number of rotatable bonds is 8. The molecule has 0 unspecified atom stereocenters. The van der Waals surface area contributed by atoms with Crippen molar-refractivity contribution in [2.24, 2.45) is 7.05 Å². The molecule has 0 bridgehead atoms. The van der Waals surface area contributed by atoms with Crippen LogP contribution in [0.5, 0.6) is 0 Å². The first-order valence-corrected chi connectivity index (χ1v) is 11.8. The number of aliphatic hydroxyl groups is 1. The van der Waals surface area contributed by atoms with Crippen LogP contribution >= 0.6 is 23.2 Å². The summed E-state index contributed by atoms with van der Waals surface area (Å²) in [6, 6.07) is 9.12. The largest absolute Gasteiger partial charge is 0.395 e. The van der Waals surface area contributed by atoms with Crippen molar-refractivity contribution in [3.63, 3.8) is 0 Å². The number of para-hydroxylation sites is 1. The van der Waals surface area contributed by atoms with Crippen LogP contribution in [0.2, 0.25) is 10.0 Å². The zero-order chi connectivity index (χ0) is 24.4. The Hall–Kier alpha value is -2.84. The minimum Gasteiger partial charge on any atom is -0.395 e. The molecule has 4 rings (SSSR count). The average Bonchev–Trinajstić information content (AvgIpc) is 3.13. The van der Waals surface area contributed by atoms with Crippen LogP contribution in [0.25, 0.3) is 27.9 Å². The van der Waals surface area contributed by atoms with Crippen LogP contribution in [-0.4, -0.2) is 50.8 Å². The highest BCUT2D eigenvalue weighted by atomic mass is 35.5. The van der Waals surface area contributed by atoms with Gasteiger partial charge in [0.25, 0.3) is 5.56 Å². The molecule has 178 valence electrons. The quantitative estimate of drug-likeness (QED) is 0.314. The van der Waals surface area contributed by atoms with E-state index < -0.39 is 0 Å². The molecule has 0 saturated heterocycles. The number of nitrogens with one attached hydrogen (secondary N) is 2. The van der Waals surface area contributed by atoms with Gasteiger partial charge in [-0.25, -0.2) is 4.98 Å². The minimum atomic E-state index is -0.182. The van der Waals surface area contributed by atoms with E-state index in [1.165, 1.54) is 0 Å². The van der Waals surface area contributed by atoms with Crippen molar-refractivity contribution in [1.29, 1.82) is 0 Å². The molecule has 0 atom stereocenters. The van der Waals surface area contributed by atoms with E-state index in [2.05, 4.69) is 27.1 Å². The first-order chi connectivity index (χ1) is 16.3. The topological polar surface area (TPSA) is 86.2 Å². The number of aliphatic hydroxyl groups excluding tert-OH is 1. The maximum atomic E-state index is 13.2. The summed E-state index contributed by atoms with van der Waals surface area (Å²) in [5.74, 6) is 0.530. The summed E-state index contributed by atoms with van der Waals surface area (Å²) in [6.45, 7) is 6.31. The van der Waals surface area contributed by atoms with E-state index in [4.69, 9.17) is 28.3 Å². The Morgan fingerprint density at radius 1 is 1.24 bits per heavy atom. The monoisotopic (exact) mass is 499 g/mol. The number of aromatic nitrogens is 3. The fraction of sp³-hybridized carbons (Fsp3) is 0.280. The summed E-state index contributed by atoms with van der Waals surface area (Å²) in [4.78, 5) is 23.0. The van der Waals surface area contributed by atoms with Crippen molar-refractivity contribution < 1.29 is 5.11 Å². The van der Waals surface area contributed by atoms with Crippen molar-refractivity contribution in [2.45, 2.75) is 13.8 Å². The molecule has 0 fully saturated rings. The highest BCUT2D eigenvalue weighted by molar-refractivity contribution is 6.39. The Morgan fingerprint density at radius 2 is 1.97 bits per heavy atom. The van der Waals surface area contributed by atoms with Gasteiger partial charge in [-0.3, -0.25) is 9.69 Å². The van der Waals surface area contributed by atoms with Gasteiger partial charge in [0.15, 0.2) is 0 Å². The molecule has 7 nitrogen and oxygen atoms in total. The zero-order valence-corrected chi connectivity index (χ0v) is 20.8. The van der Waals surface area contributed by atoms with E-state index in [0.717, 1.165) is 28.7 Å². The molecule has 0 amide bonds. The third-order valence-electron chi connectivity index (χ3n) is 6.03. The summed E-state index contributed by atoms with van der Waals surface area (Å²) in [5.41, 5.74) is 3.54. The molecule has 0 radical (unpaired) electrons. The average molecular weight is 500 g/mol. The molecule has 2 aromatic heterocycles. The second kappa shape index (κ2) is 10.2. The predicted molar refractivity (Wildman–Crippen MR) is 142 cm³/mol. The van der Waals surface area contributed by atoms with E-state index in [-0.39, 0.29) is 12.2 Å². The summed E-state index contributed by atoms with van der Waals surface area (Å²) in [6.07, 6.45) is 3.93. The second-order valence-corrected chi connectivity index (χ2v) is 8.90. The lowest BCUT2D eigenvalue weighted by atomic mass is 10.0. The second-order valence-electron chi connectivity index (χ2n) is 8.08. The number of imidazole rings is 1. The van der Waals surface area contributed by atoms with Gasteiger partial charge in [0.1, 0.15) is 0 Å². The lowest BCUT2D eigenvalue weighted by Crippen LogP contribution is -2.26. The summed E-state index contributed by atoms with van der Waals surface area (Å²) >= 11 is 12.6. The fourth-order valence-electron chi connectivity index (χ4n) is 4.12. The van der Waals surface area contributed by atoms with Crippen molar-refractivity contribution in [1.82, 2.24) is 19.4 Å². The number of fused-ring (bicyclic) bond motifs is 3. The number of hydrogen-bond donors (Lipinski definition) is 3. The number of H-pyrrole nitrogens is 1. The van der Waals surface area contributed by atoms with Crippen LogP contribution < -0.4 is 10.9 Å². The normalized spacial score (nSPS) is 12.0. The summed E-state index contributed by atoms with van der Waals surface area (Å²) in [7, 11) is 1.85. The van der Waals surface area contributed by atoms with E-state index >= 15 is 0 Å². The molecule has 0 aliphatic heterocycles. The van der Waals surface area contributed by atoms with Gasteiger partial charge in [-0.2, -0.15) is 0 Å². The van der Waals surface area contributed by atoms with Crippen LogP contribution in [0.4, 0.5) is 11.6 Å². The van der Waals surface area contributed by atoms with Gasteiger partial charge in [-0.1, -0.05) is 48.3 Å². The SMILES string of the molecule is CCN(C/C=C/c1[nH]c(=O)c2c(ccc3nc(Nc4c(Cl)cccc4Cl)n(C)c32)c1C)CCO. The lowest BCUT2D eigenvalue weighted by Gasteiger charge is -2.16. The van der Waals surface area contributed by atoms with Crippen molar-refractivity contribution >= 4 is 62.7 Å². The minimum absolute atomic E-state index is 0.119. The van der Waals surface area contributed by atoms with E-state index in [9.17, 15) is 4.79 Å². The third-order valence-corrected chi connectivity index (χ3v) is 6.66. The highest BCUT2D eigenvalue weighted by Gasteiger charge is 2.17. The molecule has 4 aromatic rings.